The SMILES string of the molecule is CN(CCNC(=S)Nc1ccc([S+]([O-])N2CCCCC2)cc1)CCNc1cc(N2CCCC2)nc(N2CCCC2)n1. The maximum atomic E-state index is 12.8. The molecule has 0 amide bonds. The summed E-state index contributed by atoms with van der Waals surface area (Å²) < 4.78 is 14.9. The van der Waals surface area contributed by atoms with Crippen molar-refractivity contribution in [3.05, 3.63) is 30.3 Å². The van der Waals surface area contributed by atoms with E-state index in [1.165, 1.54) is 32.1 Å². The van der Waals surface area contributed by atoms with Crippen molar-refractivity contribution in [2.24, 2.45) is 0 Å². The molecule has 1 aromatic carbocycles. The van der Waals surface area contributed by atoms with Crippen LogP contribution in [-0.2, 0) is 11.4 Å². The van der Waals surface area contributed by atoms with Crippen molar-refractivity contribution in [1.82, 2.24) is 24.5 Å². The number of anilines is 4. The Morgan fingerprint density at radius 1 is 0.878 bits per heavy atom. The van der Waals surface area contributed by atoms with Crippen molar-refractivity contribution in [2.75, 3.05) is 92.9 Å². The summed E-state index contributed by atoms with van der Waals surface area (Å²) in [4.78, 5) is 17.6. The summed E-state index contributed by atoms with van der Waals surface area (Å²) in [6.45, 7) is 9.35. The second kappa shape index (κ2) is 15.2. The third-order valence-electron chi connectivity index (χ3n) is 7.96. The van der Waals surface area contributed by atoms with Crippen LogP contribution in [0.1, 0.15) is 44.9 Å². The summed E-state index contributed by atoms with van der Waals surface area (Å²) in [5.74, 6) is 2.81. The fourth-order valence-corrected chi connectivity index (χ4v) is 7.01. The fourth-order valence-electron chi connectivity index (χ4n) is 5.54. The van der Waals surface area contributed by atoms with Gasteiger partial charge in [-0.3, -0.25) is 0 Å². The number of aromatic nitrogens is 2. The molecule has 3 aliphatic heterocycles. The number of hydrogen-bond donors (Lipinski definition) is 3. The normalized spacial score (nSPS) is 18.6. The minimum Gasteiger partial charge on any atom is -0.593 e. The Kier molecular flexibility index (Phi) is 11.2. The van der Waals surface area contributed by atoms with Crippen LogP contribution in [0.15, 0.2) is 35.2 Å². The molecular formula is C29H45N9OS2. The van der Waals surface area contributed by atoms with Crippen LogP contribution >= 0.6 is 12.2 Å². The van der Waals surface area contributed by atoms with E-state index >= 15 is 0 Å². The molecule has 41 heavy (non-hydrogen) atoms. The maximum absolute atomic E-state index is 12.8. The highest BCUT2D eigenvalue weighted by Gasteiger charge is 2.24. The van der Waals surface area contributed by atoms with Gasteiger partial charge in [-0.05, 0) is 82.1 Å². The average molecular weight is 600 g/mol. The van der Waals surface area contributed by atoms with Crippen molar-refractivity contribution in [3.8, 4) is 0 Å². The molecule has 0 radical (unpaired) electrons. The molecule has 1 unspecified atom stereocenters. The van der Waals surface area contributed by atoms with E-state index in [-0.39, 0.29) is 0 Å². The van der Waals surface area contributed by atoms with Gasteiger partial charge in [-0.1, -0.05) is 6.42 Å². The van der Waals surface area contributed by atoms with E-state index in [0.29, 0.717) is 5.11 Å². The molecule has 3 N–H and O–H groups in total. The molecule has 10 nitrogen and oxygen atoms in total. The highest BCUT2D eigenvalue weighted by Crippen LogP contribution is 2.26. The fraction of sp³-hybridized carbons (Fsp3) is 0.621. The molecular weight excluding hydrogens is 555 g/mol. The Morgan fingerprint density at radius 3 is 2.22 bits per heavy atom. The zero-order chi connectivity index (χ0) is 28.4. The molecule has 3 aliphatic rings. The lowest BCUT2D eigenvalue weighted by atomic mass is 10.2. The first-order valence-electron chi connectivity index (χ1n) is 15.2. The quantitative estimate of drug-likeness (QED) is 0.247. The van der Waals surface area contributed by atoms with Gasteiger partial charge in [0.2, 0.25) is 5.95 Å². The number of piperidine rings is 1. The van der Waals surface area contributed by atoms with Crippen LogP contribution in [0.4, 0.5) is 23.3 Å². The molecule has 3 saturated heterocycles. The lowest BCUT2D eigenvalue weighted by Gasteiger charge is -2.27. The van der Waals surface area contributed by atoms with Gasteiger partial charge < -0.3 is 35.2 Å². The van der Waals surface area contributed by atoms with Gasteiger partial charge in [-0.2, -0.15) is 9.97 Å². The van der Waals surface area contributed by atoms with E-state index in [2.05, 4.69) is 48.1 Å². The first kappa shape index (κ1) is 30.1. The van der Waals surface area contributed by atoms with E-state index in [9.17, 15) is 4.55 Å². The van der Waals surface area contributed by atoms with E-state index in [1.54, 1.807) is 0 Å². The van der Waals surface area contributed by atoms with Crippen LogP contribution in [-0.4, -0.2) is 101 Å². The molecule has 4 heterocycles. The van der Waals surface area contributed by atoms with Crippen LogP contribution in [0.2, 0.25) is 0 Å². The van der Waals surface area contributed by atoms with Crippen molar-refractivity contribution in [3.63, 3.8) is 0 Å². The zero-order valence-electron chi connectivity index (χ0n) is 24.3. The van der Waals surface area contributed by atoms with Crippen LogP contribution in [0.3, 0.4) is 0 Å². The van der Waals surface area contributed by atoms with Crippen LogP contribution < -0.4 is 25.8 Å². The minimum absolute atomic E-state index is 0.589. The Morgan fingerprint density at radius 2 is 1.51 bits per heavy atom. The molecule has 12 heteroatoms. The summed E-state index contributed by atoms with van der Waals surface area (Å²) in [5.41, 5.74) is 0.894. The molecule has 0 spiro atoms. The number of nitrogens with one attached hydrogen (secondary N) is 3. The molecule has 1 aromatic heterocycles. The highest BCUT2D eigenvalue weighted by molar-refractivity contribution is 7.89. The largest absolute Gasteiger partial charge is 0.593 e. The number of rotatable bonds is 12. The summed E-state index contributed by atoms with van der Waals surface area (Å²) in [6, 6.07) is 9.85. The van der Waals surface area contributed by atoms with Gasteiger partial charge in [-0.15, -0.1) is 4.31 Å². The summed E-state index contributed by atoms with van der Waals surface area (Å²) in [6.07, 6.45) is 8.37. The minimum atomic E-state index is -1.09. The van der Waals surface area contributed by atoms with Crippen molar-refractivity contribution in [1.29, 1.82) is 0 Å². The summed E-state index contributed by atoms with van der Waals surface area (Å²) in [7, 11) is 2.12. The van der Waals surface area contributed by atoms with E-state index < -0.39 is 11.4 Å². The Hall–Kier alpha value is -2.38. The molecule has 3 fully saturated rings. The van der Waals surface area contributed by atoms with Crippen LogP contribution in [0, 0.1) is 0 Å². The second-order valence-corrected chi connectivity index (χ2v) is 13.1. The first-order valence-corrected chi connectivity index (χ1v) is 16.7. The number of nitrogens with zero attached hydrogens (tertiary/aromatic N) is 6. The summed E-state index contributed by atoms with van der Waals surface area (Å²) in [5, 5.41) is 10.7. The topological polar surface area (TPSA) is 97.9 Å². The van der Waals surface area contributed by atoms with Gasteiger partial charge in [0.15, 0.2) is 10.0 Å². The Balaban J connectivity index is 1.02. The predicted molar refractivity (Wildman–Crippen MR) is 173 cm³/mol. The van der Waals surface area contributed by atoms with Gasteiger partial charge in [0.05, 0.1) is 11.4 Å². The standard InChI is InChI=1S/C29H45N9OS2/c1-35(21-13-30-26-23-27(36-15-5-6-16-36)34-28(33-26)37-17-7-8-18-37)22-14-31-29(40)32-24-9-11-25(12-10-24)41(39)38-19-3-2-4-20-38/h9-12,23H,2-8,13-22H2,1H3,(H,30,33,34)(H2,31,32,40). The average Bonchev–Trinajstić information content (AvgIpc) is 3.73. The lowest BCUT2D eigenvalue weighted by Crippen LogP contribution is -2.37. The molecule has 0 bridgehead atoms. The maximum Gasteiger partial charge on any atom is 0.229 e. The van der Waals surface area contributed by atoms with Gasteiger partial charge in [0.25, 0.3) is 0 Å². The Bertz CT molecular complexity index is 1070. The zero-order valence-corrected chi connectivity index (χ0v) is 25.9. The third-order valence-corrected chi connectivity index (χ3v) is 9.72. The number of likely N-dealkylation sites (N-methyl/N-ethyl adjacent to an activating group) is 1. The van der Waals surface area contributed by atoms with Gasteiger partial charge in [0, 0.05) is 77.2 Å². The number of thiocarbonyl (C=S) groups is 1. The van der Waals surface area contributed by atoms with Gasteiger partial charge >= 0.3 is 0 Å². The van der Waals surface area contributed by atoms with Gasteiger partial charge in [-0.25, -0.2) is 0 Å². The molecule has 224 valence electrons. The van der Waals surface area contributed by atoms with Crippen LogP contribution in [0.5, 0.6) is 0 Å². The molecule has 2 aromatic rings. The van der Waals surface area contributed by atoms with E-state index in [1.807, 2.05) is 24.3 Å². The highest BCUT2D eigenvalue weighted by atomic mass is 32.2. The third kappa shape index (κ3) is 8.81. The van der Waals surface area contributed by atoms with Gasteiger partial charge in [0.1, 0.15) is 11.6 Å². The summed E-state index contributed by atoms with van der Waals surface area (Å²) >= 11 is 4.41. The van der Waals surface area contributed by atoms with Crippen LogP contribution in [0.25, 0.3) is 0 Å². The molecule has 1 atom stereocenters. The molecule has 0 saturated carbocycles. The number of hydrogen-bond acceptors (Lipinski definition) is 9. The van der Waals surface area contributed by atoms with Crippen molar-refractivity contribution >= 4 is 52.0 Å². The Labute approximate surface area is 253 Å². The molecule has 5 rings (SSSR count). The predicted octanol–water partition coefficient (Wildman–Crippen LogP) is 3.52. The van der Waals surface area contributed by atoms with Crippen molar-refractivity contribution in [2.45, 2.75) is 49.8 Å². The lowest BCUT2D eigenvalue weighted by molar-refractivity contribution is 0.346. The first-order chi connectivity index (χ1) is 20.0. The molecule has 0 aliphatic carbocycles. The van der Waals surface area contributed by atoms with Crippen molar-refractivity contribution < 1.29 is 4.55 Å². The van der Waals surface area contributed by atoms with E-state index in [0.717, 1.165) is 106 Å². The van der Waals surface area contributed by atoms with E-state index in [4.69, 9.17) is 22.2 Å². The number of benzene rings is 1. The smallest absolute Gasteiger partial charge is 0.229 e. The second-order valence-electron chi connectivity index (χ2n) is 11.2. The monoisotopic (exact) mass is 599 g/mol.